The molecule has 0 saturated heterocycles. The first-order valence-corrected chi connectivity index (χ1v) is 6.83. The maximum atomic E-state index is 12.2. The third-order valence-corrected chi connectivity index (χ3v) is 3.27. The Balaban J connectivity index is 1.87. The Kier molecular flexibility index (Phi) is 4.82. The quantitative estimate of drug-likeness (QED) is 0.823. The number of hydrogen-bond donors (Lipinski definition) is 1. The largest absolute Gasteiger partial charge is 0.467 e. The van der Waals surface area contributed by atoms with Crippen molar-refractivity contribution in [2.75, 3.05) is 12.3 Å². The molecule has 0 aliphatic rings. The number of anilines is 1. The summed E-state index contributed by atoms with van der Waals surface area (Å²) in [5.41, 5.74) is 7.51. The predicted molar refractivity (Wildman–Crippen MR) is 79.0 cm³/mol. The average molecular weight is 272 g/mol. The molecule has 0 saturated carbocycles. The summed E-state index contributed by atoms with van der Waals surface area (Å²) >= 11 is 0. The van der Waals surface area contributed by atoms with E-state index in [1.54, 1.807) is 11.2 Å². The topological polar surface area (TPSA) is 59.5 Å². The first-order chi connectivity index (χ1) is 9.69. The fourth-order valence-electron chi connectivity index (χ4n) is 2.06. The van der Waals surface area contributed by atoms with E-state index in [0.717, 1.165) is 23.4 Å². The number of nitrogens with zero attached hydrogens (tertiary/aromatic N) is 1. The zero-order valence-corrected chi connectivity index (χ0v) is 11.7. The molecule has 1 aromatic heterocycles. The third kappa shape index (κ3) is 3.88. The number of furan rings is 1. The number of rotatable bonds is 6. The minimum absolute atomic E-state index is 0.140. The van der Waals surface area contributed by atoms with Crippen molar-refractivity contribution in [3.8, 4) is 0 Å². The lowest BCUT2D eigenvalue weighted by atomic mass is 10.1. The van der Waals surface area contributed by atoms with E-state index in [1.807, 2.05) is 43.3 Å². The Morgan fingerprint density at radius 3 is 2.60 bits per heavy atom. The van der Waals surface area contributed by atoms with Gasteiger partial charge in [-0.05, 0) is 43.2 Å². The van der Waals surface area contributed by atoms with Crippen LogP contribution in [0.2, 0.25) is 0 Å². The van der Waals surface area contributed by atoms with Gasteiger partial charge in [0, 0.05) is 18.7 Å². The van der Waals surface area contributed by atoms with Gasteiger partial charge in [-0.1, -0.05) is 12.1 Å². The van der Waals surface area contributed by atoms with Crippen LogP contribution in [-0.4, -0.2) is 17.4 Å². The predicted octanol–water partition coefficient (Wildman–Crippen LogP) is 2.84. The van der Waals surface area contributed by atoms with Crippen LogP contribution in [0, 0.1) is 0 Å². The van der Waals surface area contributed by atoms with Crippen molar-refractivity contribution in [2.24, 2.45) is 0 Å². The molecule has 4 nitrogen and oxygen atoms in total. The highest BCUT2D eigenvalue weighted by molar-refractivity contribution is 5.76. The molecule has 0 fully saturated rings. The van der Waals surface area contributed by atoms with Crippen LogP contribution in [0.25, 0.3) is 0 Å². The molecule has 2 aromatic rings. The van der Waals surface area contributed by atoms with Crippen molar-refractivity contribution in [1.82, 2.24) is 4.90 Å². The molecule has 0 aliphatic heterocycles. The minimum Gasteiger partial charge on any atom is -0.467 e. The van der Waals surface area contributed by atoms with Crippen LogP contribution in [0.15, 0.2) is 47.1 Å². The summed E-state index contributed by atoms with van der Waals surface area (Å²) in [4.78, 5) is 14.0. The Morgan fingerprint density at radius 2 is 2.00 bits per heavy atom. The monoisotopic (exact) mass is 272 g/mol. The van der Waals surface area contributed by atoms with Gasteiger partial charge >= 0.3 is 0 Å². The lowest BCUT2D eigenvalue weighted by Gasteiger charge is -2.19. The second-order valence-electron chi connectivity index (χ2n) is 4.73. The number of carbonyl (C=O) groups excluding carboxylic acids is 1. The molecule has 1 amide bonds. The molecule has 0 spiro atoms. The van der Waals surface area contributed by atoms with Crippen LogP contribution in [0.3, 0.4) is 0 Å². The van der Waals surface area contributed by atoms with Crippen LogP contribution in [0.1, 0.15) is 24.7 Å². The van der Waals surface area contributed by atoms with Crippen LogP contribution >= 0.6 is 0 Å². The molecule has 0 aliphatic carbocycles. The standard InChI is InChI=1S/C16H20N2O2/c1-2-18(12-15-4-3-11-20-15)16(19)10-7-13-5-8-14(17)9-6-13/h3-6,8-9,11H,2,7,10,12,17H2,1H3. The summed E-state index contributed by atoms with van der Waals surface area (Å²) in [6.07, 6.45) is 2.86. The minimum atomic E-state index is 0.140. The zero-order valence-electron chi connectivity index (χ0n) is 11.7. The Labute approximate surface area is 119 Å². The highest BCUT2D eigenvalue weighted by Gasteiger charge is 2.13. The smallest absolute Gasteiger partial charge is 0.223 e. The Morgan fingerprint density at radius 1 is 1.25 bits per heavy atom. The van der Waals surface area contributed by atoms with Crippen LogP contribution in [-0.2, 0) is 17.8 Å². The summed E-state index contributed by atoms with van der Waals surface area (Å²) < 4.78 is 5.28. The van der Waals surface area contributed by atoms with Gasteiger partial charge in [-0.2, -0.15) is 0 Å². The van der Waals surface area contributed by atoms with Gasteiger partial charge in [0.15, 0.2) is 0 Å². The first-order valence-electron chi connectivity index (χ1n) is 6.83. The molecular formula is C16H20N2O2. The van der Waals surface area contributed by atoms with Gasteiger partial charge in [-0.25, -0.2) is 0 Å². The summed E-state index contributed by atoms with van der Waals surface area (Å²) in [7, 11) is 0. The molecule has 1 aromatic carbocycles. The van der Waals surface area contributed by atoms with Gasteiger partial charge in [0.2, 0.25) is 5.91 Å². The molecule has 0 radical (unpaired) electrons. The third-order valence-electron chi connectivity index (χ3n) is 3.27. The number of hydrogen-bond acceptors (Lipinski definition) is 3. The van der Waals surface area contributed by atoms with Crippen LogP contribution in [0.5, 0.6) is 0 Å². The summed E-state index contributed by atoms with van der Waals surface area (Å²) in [5.74, 6) is 0.952. The normalized spacial score (nSPS) is 10.4. The molecule has 0 atom stereocenters. The van der Waals surface area contributed by atoms with Gasteiger partial charge in [0.25, 0.3) is 0 Å². The van der Waals surface area contributed by atoms with Crippen molar-refractivity contribution in [3.05, 3.63) is 54.0 Å². The number of carbonyl (C=O) groups is 1. The van der Waals surface area contributed by atoms with E-state index in [-0.39, 0.29) is 5.91 Å². The molecule has 0 unspecified atom stereocenters. The van der Waals surface area contributed by atoms with Crippen molar-refractivity contribution in [2.45, 2.75) is 26.3 Å². The van der Waals surface area contributed by atoms with Crippen molar-refractivity contribution < 1.29 is 9.21 Å². The van der Waals surface area contributed by atoms with Crippen molar-refractivity contribution in [1.29, 1.82) is 0 Å². The summed E-state index contributed by atoms with van der Waals surface area (Å²) in [5, 5.41) is 0. The molecule has 4 heteroatoms. The van der Waals surface area contributed by atoms with E-state index >= 15 is 0 Å². The number of nitrogen functional groups attached to an aromatic ring is 1. The zero-order chi connectivity index (χ0) is 14.4. The van der Waals surface area contributed by atoms with Gasteiger partial charge < -0.3 is 15.1 Å². The Bertz CT molecular complexity index is 532. The molecule has 0 bridgehead atoms. The van der Waals surface area contributed by atoms with E-state index in [0.29, 0.717) is 19.5 Å². The molecular weight excluding hydrogens is 252 g/mol. The average Bonchev–Trinajstić information content (AvgIpc) is 2.97. The van der Waals surface area contributed by atoms with Gasteiger partial charge in [-0.15, -0.1) is 0 Å². The maximum Gasteiger partial charge on any atom is 0.223 e. The molecule has 1 heterocycles. The maximum absolute atomic E-state index is 12.2. The highest BCUT2D eigenvalue weighted by atomic mass is 16.3. The van der Waals surface area contributed by atoms with Crippen molar-refractivity contribution >= 4 is 11.6 Å². The first kappa shape index (κ1) is 14.2. The molecule has 106 valence electrons. The molecule has 2 rings (SSSR count). The lowest BCUT2D eigenvalue weighted by Crippen LogP contribution is -2.30. The summed E-state index contributed by atoms with van der Waals surface area (Å²) in [6, 6.07) is 11.4. The van der Waals surface area contributed by atoms with Crippen LogP contribution < -0.4 is 5.73 Å². The number of nitrogens with two attached hydrogens (primary N) is 1. The highest BCUT2D eigenvalue weighted by Crippen LogP contribution is 2.11. The number of amides is 1. The molecule has 20 heavy (non-hydrogen) atoms. The number of aryl methyl sites for hydroxylation is 1. The fraction of sp³-hybridized carbons (Fsp3) is 0.312. The van der Waals surface area contributed by atoms with E-state index in [4.69, 9.17) is 10.2 Å². The van der Waals surface area contributed by atoms with Gasteiger partial charge in [0.1, 0.15) is 5.76 Å². The SMILES string of the molecule is CCN(Cc1ccco1)C(=O)CCc1ccc(N)cc1. The lowest BCUT2D eigenvalue weighted by molar-refractivity contribution is -0.131. The van der Waals surface area contributed by atoms with Gasteiger partial charge in [-0.3, -0.25) is 4.79 Å². The Hall–Kier alpha value is -2.23. The van der Waals surface area contributed by atoms with E-state index < -0.39 is 0 Å². The van der Waals surface area contributed by atoms with E-state index in [9.17, 15) is 4.79 Å². The van der Waals surface area contributed by atoms with Crippen LogP contribution in [0.4, 0.5) is 5.69 Å². The van der Waals surface area contributed by atoms with Gasteiger partial charge in [0.05, 0.1) is 12.8 Å². The second-order valence-corrected chi connectivity index (χ2v) is 4.73. The second kappa shape index (κ2) is 6.80. The summed E-state index contributed by atoms with van der Waals surface area (Å²) in [6.45, 7) is 3.19. The fourth-order valence-corrected chi connectivity index (χ4v) is 2.06. The van der Waals surface area contributed by atoms with E-state index in [2.05, 4.69) is 0 Å². The van der Waals surface area contributed by atoms with Crippen molar-refractivity contribution in [3.63, 3.8) is 0 Å². The number of benzene rings is 1. The van der Waals surface area contributed by atoms with E-state index in [1.165, 1.54) is 0 Å². The molecule has 2 N–H and O–H groups in total.